The summed E-state index contributed by atoms with van der Waals surface area (Å²) in [7, 11) is 0. The molecule has 0 spiro atoms. The molecule has 0 aliphatic carbocycles. The number of nitrogens with zero attached hydrogens (tertiary/aromatic N) is 1. The van der Waals surface area contributed by atoms with E-state index in [0.717, 1.165) is 25.4 Å². The van der Waals surface area contributed by atoms with Crippen LogP contribution in [0.15, 0.2) is 63.8 Å². The second-order valence-electron chi connectivity index (χ2n) is 4.49. The van der Waals surface area contributed by atoms with Crippen molar-refractivity contribution in [2.24, 2.45) is 0 Å². The third-order valence-electron chi connectivity index (χ3n) is 3.09. The number of aromatic nitrogens is 1. The van der Waals surface area contributed by atoms with Gasteiger partial charge in [0.15, 0.2) is 0 Å². The second-order valence-corrected chi connectivity index (χ2v) is 6.26. The molecule has 0 saturated heterocycles. The molecule has 0 atom stereocenters. The monoisotopic (exact) mass is 404 g/mol. The largest absolute Gasteiger partial charge is 0.321 e. The summed E-state index contributed by atoms with van der Waals surface area (Å²) >= 11 is 6.84. The highest BCUT2D eigenvalue weighted by molar-refractivity contribution is 9.11. The summed E-state index contributed by atoms with van der Waals surface area (Å²) in [6, 6.07) is 13.5. The lowest BCUT2D eigenvalue weighted by Crippen LogP contribution is -2.12. The Kier molecular flexibility index (Phi) is 4.03. The zero-order chi connectivity index (χ0) is 14.8. The van der Waals surface area contributed by atoms with Crippen LogP contribution in [-0.4, -0.2) is 10.9 Å². The van der Waals surface area contributed by atoms with Crippen molar-refractivity contribution in [2.75, 3.05) is 5.32 Å². The van der Waals surface area contributed by atoms with E-state index in [0.29, 0.717) is 5.56 Å². The van der Waals surface area contributed by atoms with E-state index in [1.807, 2.05) is 36.4 Å². The first-order chi connectivity index (χ1) is 10.1. The summed E-state index contributed by atoms with van der Waals surface area (Å²) in [5.74, 6) is -0.184. The highest BCUT2D eigenvalue weighted by atomic mass is 79.9. The molecule has 0 saturated carbocycles. The minimum atomic E-state index is -0.184. The molecule has 2 aromatic carbocycles. The zero-order valence-electron chi connectivity index (χ0n) is 10.8. The van der Waals surface area contributed by atoms with E-state index in [4.69, 9.17) is 0 Å². The van der Waals surface area contributed by atoms with E-state index in [1.165, 1.54) is 0 Å². The van der Waals surface area contributed by atoms with Crippen LogP contribution in [0, 0.1) is 0 Å². The third kappa shape index (κ3) is 2.99. The number of hydrogen-bond donors (Lipinski definition) is 1. The molecule has 0 unspecified atom stereocenters. The molecule has 1 amide bonds. The fourth-order valence-corrected chi connectivity index (χ4v) is 2.94. The van der Waals surface area contributed by atoms with Gasteiger partial charge in [0.1, 0.15) is 0 Å². The summed E-state index contributed by atoms with van der Waals surface area (Å²) in [4.78, 5) is 16.3. The van der Waals surface area contributed by atoms with Gasteiger partial charge >= 0.3 is 0 Å². The Bertz CT molecular complexity index is 833. The first-order valence-electron chi connectivity index (χ1n) is 6.24. The summed E-state index contributed by atoms with van der Waals surface area (Å²) in [5.41, 5.74) is 1.29. The molecular weight excluding hydrogens is 396 g/mol. The molecule has 3 aromatic rings. The van der Waals surface area contributed by atoms with E-state index >= 15 is 0 Å². The van der Waals surface area contributed by atoms with Gasteiger partial charge in [-0.25, -0.2) is 0 Å². The number of carbonyl (C=O) groups is 1. The number of benzene rings is 2. The van der Waals surface area contributed by atoms with Crippen LogP contribution in [0.4, 0.5) is 5.69 Å². The van der Waals surface area contributed by atoms with E-state index in [9.17, 15) is 4.79 Å². The van der Waals surface area contributed by atoms with Gasteiger partial charge < -0.3 is 5.32 Å². The Balaban J connectivity index is 1.99. The quantitative estimate of drug-likeness (QED) is 0.650. The van der Waals surface area contributed by atoms with E-state index < -0.39 is 0 Å². The summed E-state index contributed by atoms with van der Waals surface area (Å²) in [6.45, 7) is 0. The second kappa shape index (κ2) is 5.95. The van der Waals surface area contributed by atoms with Gasteiger partial charge in [0.05, 0.1) is 5.56 Å². The van der Waals surface area contributed by atoms with Crippen molar-refractivity contribution in [3.63, 3.8) is 0 Å². The first-order valence-corrected chi connectivity index (χ1v) is 7.83. The van der Waals surface area contributed by atoms with Crippen molar-refractivity contribution in [1.29, 1.82) is 0 Å². The van der Waals surface area contributed by atoms with Crippen LogP contribution >= 0.6 is 31.9 Å². The van der Waals surface area contributed by atoms with E-state index in [2.05, 4.69) is 42.2 Å². The molecule has 104 valence electrons. The zero-order valence-corrected chi connectivity index (χ0v) is 14.0. The maximum atomic E-state index is 12.3. The van der Waals surface area contributed by atoms with Gasteiger partial charge in [-0.3, -0.25) is 9.78 Å². The number of amides is 1. The topological polar surface area (TPSA) is 42.0 Å². The van der Waals surface area contributed by atoms with Crippen LogP contribution in [0.2, 0.25) is 0 Å². The van der Waals surface area contributed by atoms with Gasteiger partial charge in [-0.05, 0) is 39.5 Å². The molecule has 0 bridgehead atoms. The van der Waals surface area contributed by atoms with Crippen molar-refractivity contribution in [1.82, 2.24) is 4.98 Å². The summed E-state index contributed by atoms with van der Waals surface area (Å²) < 4.78 is 1.77. The lowest BCUT2D eigenvalue weighted by Gasteiger charge is -2.10. The van der Waals surface area contributed by atoms with Gasteiger partial charge in [0.25, 0.3) is 5.91 Å². The molecule has 21 heavy (non-hydrogen) atoms. The van der Waals surface area contributed by atoms with Crippen molar-refractivity contribution >= 4 is 54.2 Å². The Morgan fingerprint density at radius 2 is 1.76 bits per heavy atom. The summed E-state index contributed by atoms with van der Waals surface area (Å²) in [5, 5.41) is 4.98. The molecule has 0 aliphatic rings. The van der Waals surface area contributed by atoms with Gasteiger partial charge in [0, 0.05) is 32.4 Å². The molecule has 5 heteroatoms. The minimum Gasteiger partial charge on any atom is -0.321 e. The Morgan fingerprint density at radius 1 is 1.00 bits per heavy atom. The van der Waals surface area contributed by atoms with Gasteiger partial charge in [-0.2, -0.15) is 0 Å². The van der Waals surface area contributed by atoms with E-state index in [-0.39, 0.29) is 5.91 Å². The minimum absolute atomic E-state index is 0.184. The van der Waals surface area contributed by atoms with Crippen LogP contribution < -0.4 is 5.32 Å². The number of fused-ring (bicyclic) bond motifs is 1. The highest BCUT2D eigenvalue weighted by Crippen LogP contribution is 2.30. The molecule has 0 radical (unpaired) electrons. The number of anilines is 1. The van der Waals surface area contributed by atoms with E-state index in [1.54, 1.807) is 18.5 Å². The summed E-state index contributed by atoms with van der Waals surface area (Å²) in [6.07, 6.45) is 3.19. The van der Waals surface area contributed by atoms with Gasteiger partial charge in [0.2, 0.25) is 0 Å². The Labute approximate surface area is 138 Å². The average molecular weight is 406 g/mol. The lowest BCUT2D eigenvalue weighted by atomic mass is 10.1. The number of halogens is 2. The molecule has 0 aliphatic heterocycles. The highest BCUT2D eigenvalue weighted by Gasteiger charge is 2.10. The Morgan fingerprint density at radius 3 is 2.52 bits per heavy atom. The number of hydrogen-bond acceptors (Lipinski definition) is 2. The van der Waals surface area contributed by atoms with Crippen molar-refractivity contribution < 1.29 is 4.79 Å². The standard InChI is InChI=1S/C16H10Br2N2O/c17-11-7-10(8-19-9-11)16(21)20-15-6-5-14(18)12-3-1-2-4-13(12)15/h1-9H,(H,20,21). The normalized spacial score (nSPS) is 10.6. The lowest BCUT2D eigenvalue weighted by molar-refractivity contribution is 0.102. The average Bonchev–Trinajstić information content (AvgIpc) is 2.50. The molecular formula is C16H10Br2N2O. The predicted molar refractivity (Wildman–Crippen MR) is 91.5 cm³/mol. The van der Waals surface area contributed by atoms with Crippen molar-refractivity contribution in [2.45, 2.75) is 0 Å². The molecule has 0 fully saturated rings. The van der Waals surface area contributed by atoms with Gasteiger partial charge in [-0.15, -0.1) is 0 Å². The Hall–Kier alpha value is -1.72. The predicted octanol–water partition coefficient (Wildman–Crippen LogP) is 5.01. The fraction of sp³-hybridized carbons (Fsp3) is 0. The maximum absolute atomic E-state index is 12.3. The SMILES string of the molecule is O=C(Nc1ccc(Br)c2ccccc12)c1cncc(Br)c1. The number of nitrogens with one attached hydrogen (secondary N) is 1. The third-order valence-corrected chi connectivity index (χ3v) is 4.21. The molecule has 1 aromatic heterocycles. The van der Waals surface area contributed by atoms with Crippen LogP contribution in [0.1, 0.15) is 10.4 Å². The first kappa shape index (κ1) is 14.2. The number of pyridine rings is 1. The molecule has 3 nitrogen and oxygen atoms in total. The van der Waals surface area contributed by atoms with Crippen LogP contribution in [0.25, 0.3) is 10.8 Å². The van der Waals surface area contributed by atoms with Gasteiger partial charge in [-0.1, -0.05) is 40.2 Å². The molecule has 1 N–H and O–H groups in total. The fourth-order valence-electron chi connectivity index (χ4n) is 2.10. The van der Waals surface area contributed by atoms with Crippen LogP contribution in [-0.2, 0) is 0 Å². The molecule has 1 heterocycles. The van der Waals surface area contributed by atoms with Crippen LogP contribution in [0.5, 0.6) is 0 Å². The van der Waals surface area contributed by atoms with Crippen molar-refractivity contribution in [3.8, 4) is 0 Å². The van der Waals surface area contributed by atoms with Crippen LogP contribution in [0.3, 0.4) is 0 Å². The molecule has 3 rings (SSSR count). The van der Waals surface area contributed by atoms with Crippen molar-refractivity contribution in [3.05, 3.63) is 69.4 Å². The number of carbonyl (C=O) groups excluding carboxylic acids is 1. The number of rotatable bonds is 2. The smallest absolute Gasteiger partial charge is 0.257 e. The maximum Gasteiger partial charge on any atom is 0.257 e.